The van der Waals surface area contributed by atoms with Crippen molar-refractivity contribution in [2.75, 3.05) is 40.5 Å². The van der Waals surface area contributed by atoms with Crippen LogP contribution in [0.15, 0.2) is 12.2 Å². The second-order valence-electron chi connectivity index (χ2n) is 20.2. The number of carbonyl (C=O) groups is 2. The Bertz CT molecular complexity index is 1210. The zero-order valence-electron chi connectivity index (χ0n) is 41.4. The highest BCUT2D eigenvalue weighted by atomic mass is 31.2. The van der Waals surface area contributed by atoms with Gasteiger partial charge in [0.1, 0.15) is 19.8 Å². The van der Waals surface area contributed by atoms with Crippen molar-refractivity contribution in [2.24, 2.45) is 0 Å². The van der Waals surface area contributed by atoms with Gasteiger partial charge in [-0.2, -0.15) is 0 Å². The molecule has 0 aromatic carbocycles. The van der Waals surface area contributed by atoms with Gasteiger partial charge in [0.2, 0.25) is 0 Å². The average Bonchev–Trinajstić information content (AvgIpc) is 3.20. The third-order valence-electron chi connectivity index (χ3n) is 12.7. The van der Waals surface area contributed by atoms with Crippen LogP contribution in [0.25, 0.3) is 0 Å². The second-order valence-corrected chi connectivity index (χ2v) is 21.6. The van der Waals surface area contributed by atoms with E-state index in [9.17, 15) is 24.3 Å². The maximum Gasteiger partial charge on any atom is 0.502 e. The van der Waals surface area contributed by atoms with Crippen LogP contribution in [0.4, 0.5) is 0 Å². The molecular formula is C50H96N2O9P. The molecule has 2 atom stereocenters. The molecule has 0 aromatic rings. The molecule has 1 fully saturated rings. The molecule has 1 rings (SSSR count). The van der Waals surface area contributed by atoms with E-state index in [1.54, 1.807) is 0 Å². The molecule has 0 amide bonds. The molecule has 2 unspecified atom stereocenters. The normalized spacial score (nSPS) is 17.3. The molecule has 0 bridgehead atoms. The van der Waals surface area contributed by atoms with Crippen molar-refractivity contribution in [1.82, 2.24) is 5.06 Å². The number of esters is 2. The van der Waals surface area contributed by atoms with Crippen LogP contribution in [-0.2, 0) is 37.6 Å². The smallest absolute Gasteiger partial charge is 0.502 e. The van der Waals surface area contributed by atoms with Gasteiger partial charge >= 0.3 is 19.8 Å². The fraction of sp³-hybridized carbons (Fsp3) is 0.920. The number of carbonyl (C=O) groups excluding carboxylic acids is 2. The second kappa shape index (κ2) is 34.0. The number of likely N-dealkylation sites (N-methyl/N-ethyl adjacent to an activating group) is 1. The van der Waals surface area contributed by atoms with Crippen LogP contribution in [0.2, 0.25) is 0 Å². The molecule has 1 saturated heterocycles. The van der Waals surface area contributed by atoms with E-state index in [2.05, 4.69) is 26.0 Å². The fourth-order valence-corrected chi connectivity index (χ4v) is 9.46. The van der Waals surface area contributed by atoms with Gasteiger partial charge in [0.05, 0.1) is 26.7 Å². The number of nitrogens with zero attached hydrogens (tertiary/aromatic N) is 2. The summed E-state index contributed by atoms with van der Waals surface area (Å²) in [5.41, 5.74) is -1.10. The van der Waals surface area contributed by atoms with Crippen LogP contribution in [0.3, 0.4) is 0 Å². The molecule has 1 radical (unpaired) electrons. The van der Waals surface area contributed by atoms with Gasteiger partial charge in [-0.25, -0.2) is 4.57 Å². The number of rotatable bonds is 40. The molecule has 1 heterocycles. The molecule has 0 spiro atoms. The summed E-state index contributed by atoms with van der Waals surface area (Å²) in [6.45, 7) is 11.8. The van der Waals surface area contributed by atoms with Crippen LogP contribution in [0.5, 0.6) is 0 Å². The van der Waals surface area contributed by atoms with Crippen molar-refractivity contribution in [3.8, 4) is 0 Å². The van der Waals surface area contributed by atoms with Gasteiger partial charge in [-0.1, -0.05) is 154 Å². The molecule has 0 saturated carbocycles. The van der Waals surface area contributed by atoms with Gasteiger partial charge < -0.3 is 24.2 Å². The van der Waals surface area contributed by atoms with Crippen LogP contribution in [-0.4, -0.2) is 85.2 Å². The average molecular weight is 900 g/mol. The summed E-state index contributed by atoms with van der Waals surface area (Å²) in [6, 6.07) is 0.126. The van der Waals surface area contributed by atoms with E-state index in [4.69, 9.17) is 18.5 Å². The van der Waals surface area contributed by atoms with E-state index in [0.717, 1.165) is 51.4 Å². The van der Waals surface area contributed by atoms with Gasteiger partial charge in [-0.15, -0.1) is 4.89 Å². The van der Waals surface area contributed by atoms with E-state index in [1.807, 2.05) is 41.8 Å². The highest BCUT2D eigenvalue weighted by Crippen LogP contribution is 2.45. The third kappa shape index (κ3) is 29.3. The number of hydroxylamine groups is 2. The summed E-state index contributed by atoms with van der Waals surface area (Å²) in [7, 11) is -0.730. The highest BCUT2D eigenvalue weighted by molar-refractivity contribution is 7.47. The number of allylic oxidation sites excluding steroid dienone is 2. The van der Waals surface area contributed by atoms with Crippen LogP contribution < -0.4 is 0 Å². The molecule has 0 aliphatic carbocycles. The third-order valence-corrected chi connectivity index (χ3v) is 13.7. The Kier molecular flexibility index (Phi) is 32.2. The Balaban J connectivity index is 2.53. The summed E-state index contributed by atoms with van der Waals surface area (Å²) < 4.78 is 35.0. The number of hydrogen-bond acceptors (Lipinski definition) is 9. The first-order chi connectivity index (χ1) is 29.5. The van der Waals surface area contributed by atoms with Crippen molar-refractivity contribution < 1.29 is 42.1 Å². The van der Waals surface area contributed by atoms with Crippen molar-refractivity contribution in [3.63, 3.8) is 0 Å². The van der Waals surface area contributed by atoms with Crippen molar-refractivity contribution in [1.29, 1.82) is 0 Å². The monoisotopic (exact) mass is 900 g/mol. The molecular weight excluding hydrogens is 804 g/mol. The topological polar surface area (TPSA) is 134 Å². The molecule has 365 valence electrons. The predicted octanol–water partition coefficient (Wildman–Crippen LogP) is 14.1. The van der Waals surface area contributed by atoms with Gasteiger partial charge in [-0.3, -0.25) is 18.6 Å². The van der Waals surface area contributed by atoms with Gasteiger partial charge in [0.25, 0.3) is 0 Å². The van der Waals surface area contributed by atoms with E-state index in [1.165, 1.54) is 108 Å². The number of hydrogen-bond donors (Lipinski definition) is 0. The first kappa shape index (κ1) is 58.7. The Morgan fingerprint density at radius 3 is 1.50 bits per heavy atom. The largest absolute Gasteiger partial charge is 0.784 e. The van der Waals surface area contributed by atoms with E-state index < -0.39 is 43.6 Å². The summed E-state index contributed by atoms with van der Waals surface area (Å²) in [5, 5.41) is 14.1. The number of quaternary nitrogens is 1. The Labute approximate surface area is 381 Å². The lowest BCUT2D eigenvalue weighted by atomic mass is 9.77. The minimum Gasteiger partial charge on any atom is -0.784 e. The van der Waals surface area contributed by atoms with Crippen LogP contribution in [0, 0.1) is 5.21 Å². The van der Waals surface area contributed by atoms with Crippen molar-refractivity contribution in [3.05, 3.63) is 17.4 Å². The first-order valence-corrected chi connectivity index (χ1v) is 26.8. The van der Waals surface area contributed by atoms with E-state index >= 15 is 0 Å². The first-order valence-electron chi connectivity index (χ1n) is 25.4. The number of ether oxygens (including phenoxy) is 2. The lowest BCUT2D eigenvalue weighted by Crippen LogP contribution is -2.65. The molecule has 62 heavy (non-hydrogen) atoms. The van der Waals surface area contributed by atoms with Crippen molar-refractivity contribution >= 4 is 19.8 Å². The number of piperidine rings is 1. The minimum atomic E-state index is -4.78. The van der Waals surface area contributed by atoms with Gasteiger partial charge in [-0.05, 0) is 66.2 Å². The quantitative estimate of drug-likeness (QED) is 0.0194. The lowest BCUT2D eigenvalue weighted by molar-refractivity contribution is -0.918. The Hall–Kier alpha value is -1.33. The van der Waals surface area contributed by atoms with E-state index in [0.29, 0.717) is 36.7 Å². The molecule has 12 heteroatoms. The number of unbranched alkanes of at least 4 members (excludes halogenated alkanes) is 23. The maximum atomic E-state index is 12.9. The van der Waals surface area contributed by atoms with Crippen LogP contribution >= 0.6 is 7.82 Å². The Morgan fingerprint density at radius 2 is 1.05 bits per heavy atom. The van der Waals surface area contributed by atoms with E-state index in [-0.39, 0.29) is 32.1 Å². The summed E-state index contributed by atoms with van der Waals surface area (Å²) in [4.78, 5) is 38.5. The predicted molar refractivity (Wildman–Crippen MR) is 254 cm³/mol. The van der Waals surface area contributed by atoms with Crippen LogP contribution in [0.1, 0.15) is 234 Å². The summed E-state index contributed by atoms with van der Waals surface area (Å²) in [6.07, 6.45) is 36.0. The zero-order chi connectivity index (χ0) is 46.2. The van der Waals surface area contributed by atoms with Gasteiger partial charge in [0, 0.05) is 36.8 Å². The highest BCUT2D eigenvalue weighted by Gasteiger charge is 2.46. The van der Waals surface area contributed by atoms with Gasteiger partial charge in [0.15, 0.2) is 6.10 Å². The maximum absolute atomic E-state index is 12.9. The SMILES string of the molecule is CCCCCCCC/C=C\CCCCCCCC(=O)OCC(COP([O])(=O)OCC[N+](C)(C)C1CC(C)(C)N([O-])C(C)(C)C1)OC(=O)CCCCCCCCCCCCCCC. The molecule has 11 nitrogen and oxygen atoms in total. The minimum absolute atomic E-state index is 0.110. The lowest BCUT2D eigenvalue weighted by Gasteiger charge is -2.61. The van der Waals surface area contributed by atoms with Crippen molar-refractivity contribution in [2.45, 2.75) is 257 Å². The standard InChI is InChI=1S/C50H96N2O9P/c1-9-11-13-15-17-19-21-23-24-26-27-29-31-33-35-37-47(53)58-43-46(61-48(54)38-36-34-32-30-28-25-22-20-18-16-14-12-10-2)44-60-62(56,57)59-40-39-52(7,8)45-41-49(3,4)51(55)50(5,6)42-45/h23-24,45-46H,9-22,25-44H2,1-8H3/b24-23-. The molecule has 1 aliphatic rings. The fourth-order valence-electron chi connectivity index (χ4n) is 8.73. The zero-order valence-corrected chi connectivity index (χ0v) is 42.3. The molecule has 0 aromatic heterocycles. The molecule has 1 aliphatic heterocycles. The summed E-state index contributed by atoms with van der Waals surface area (Å²) >= 11 is 0. The summed E-state index contributed by atoms with van der Waals surface area (Å²) in [5.74, 6) is -0.874. The molecule has 0 N–H and O–H groups in total. The Morgan fingerprint density at radius 1 is 0.645 bits per heavy atom.